The van der Waals surface area contributed by atoms with Crippen molar-refractivity contribution in [1.29, 1.82) is 0 Å². The van der Waals surface area contributed by atoms with Crippen LogP contribution in [0, 0.1) is 6.92 Å². The number of hydrogen-bond acceptors (Lipinski definition) is 3. The molecule has 0 N–H and O–H groups in total. The molecule has 0 atom stereocenters. The maximum Gasteiger partial charge on any atom is 0.374 e. The van der Waals surface area contributed by atoms with E-state index in [-0.39, 0.29) is 0 Å². The van der Waals surface area contributed by atoms with E-state index in [1.165, 1.54) is 11.1 Å². The molecule has 1 aromatic heterocycles. The minimum atomic E-state index is -0.399. The molecule has 106 valence electrons. The summed E-state index contributed by atoms with van der Waals surface area (Å²) >= 11 is 0. The number of hydrogen-bond donors (Lipinski definition) is 0. The molecule has 0 radical (unpaired) electrons. The first kappa shape index (κ1) is 14.4. The topological polar surface area (TPSA) is 39.4 Å². The first-order valence-electron chi connectivity index (χ1n) is 6.98. The zero-order valence-electron chi connectivity index (χ0n) is 12.4. The zero-order chi connectivity index (χ0) is 14.7. The van der Waals surface area contributed by atoms with Crippen LogP contribution in [0.3, 0.4) is 0 Å². The Balaban J connectivity index is 2.53. The lowest BCUT2D eigenvalue weighted by Crippen LogP contribution is -2.04. The van der Waals surface area contributed by atoms with Gasteiger partial charge in [0.15, 0.2) is 0 Å². The third-order valence-corrected chi connectivity index (χ3v) is 3.50. The fourth-order valence-corrected chi connectivity index (χ4v) is 2.39. The Bertz CT molecular complexity index is 662. The van der Waals surface area contributed by atoms with E-state index >= 15 is 0 Å². The molecule has 20 heavy (non-hydrogen) atoms. The van der Waals surface area contributed by atoms with E-state index in [0.29, 0.717) is 12.4 Å². The van der Waals surface area contributed by atoms with Crippen LogP contribution in [0.1, 0.15) is 48.9 Å². The van der Waals surface area contributed by atoms with Crippen LogP contribution in [-0.4, -0.2) is 12.6 Å². The summed E-state index contributed by atoms with van der Waals surface area (Å²) in [7, 11) is 0. The van der Waals surface area contributed by atoms with Crippen molar-refractivity contribution < 1.29 is 13.9 Å². The fourth-order valence-electron chi connectivity index (χ4n) is 2.39. The van der Waals surface area contributed by atoms with Gasteiger partial charge in [-0.15, -0.1) is 0 Å². The average Bonchev–Trinajstić information content (AvgIpc) is 2.78. The van der Waals surface area contributed by atoms with E-state index in [9.17, 15) is 4.79 Å². The Morgan fingerprint density at radius 3 is 2.70 bits per heavy atom. The second-order valence-corrected chi connectivity index (χ2v) is 4.66. The van der Waals surface area contributed by atoms with Crippen LogP contribution in [0.15, 0.2) is 28.7 Å². The van der Waals surface area contributed by atoms with Gasteiger partial charge in [-0.2, -0.15) is 0 Å². The number of benzene rings is 1. The van der Waals surface area contributed by atoms with E-state index in [2.05, 4.69) is 19.1 Å². The van der Waals surface area contributed by atoms with Gasteiger partial charge in [-0.25, -0.2) is 4.79 Å². The second kappa shape index (κ2) is 5.95. The maximum atomic E-state index is 11.8. The van der Waals surface area contributed by atoms with Crippen molar-refractivity contribution in [3.8, 4) is 0 Å². The largest absolute Gasteiger partial charge is 0.460 e. The number of ether oxygens (including phenoxy) is 1. The molecule has 2 rings (SSSR count). The summed E-state index contributed by atoms with van der Waals surface area (Å²) in [5, 5.41) is 0.971. The van der Waals surface area contributed by atoms with Gasteiger partial charge in [-0.3, -0.25) is 0 Å². The summed E-state index contributed by atoms with van der Waals surface area (Å²) in [6, 6.07) is 6.02. The quantitative estimate of drug-likeness (QED) is 0.755. The minimum absolute atomic E-state index is 0.303. The maximum absolute atomic E-state index is 11.8. The molecular formula is C17H20O3. The van der Waals surface area contributed by atoms with Gasteiger partial charge in [-0.05, 0) is 50.5 Å². The van der Waals surface area contributed by atoms with Crippen LogP contribution >= 0.6 is 0 Å². The number of fused-ring (bicyclic) bond motifs is 1. The molecule has 0 aliphatic heterocycles. The number of aryl methyl sites for hydroxylation is 1. The van der Waals surface area contributed by atoms with Gasteiger partial charge >= 0.3 is 5.97 Å². The summed E-state index contributed by atoms with van der Waals surface area (Å²) in [5.74, 6) is -0.0953. The molecule has 0 spiro atoms. The standard InChI is InChI=1S/C17H20O3/c1-5-12(6-2)13-8-9-15-14(10-13)11(4)16(20-15)17(18)19-7-3/h5,8-10H,6-7H2,1-4H3. The predicted octanol–water partition coefficient (Wildman–Crippen LogP) is 4.73. The number of carbonyl (C=O) groups is 1. The van der Waals surface area contributed by atoms with Crippen molar-refractivity contribution in [2.75, 3.05) is 6.61 Å². The SMILES string of the molecule is CC=C(CC)c1ccc2oc(C(=O)OCC)c(C)c2c1. The normalized spacial score (nSPS) is 11.9. The summed E-state index contributed by atoms with van der Waals surface area (Å²) in [5.41, 5.74) is 4.01. The molecule has 2 aromatic rings. The van der Waals surface area contributed by atoms with Crippen molar-refractivity contribution in [2.45, 2.75) is 34.1 Å². The summed E-state index contributed by atoms with van der Waals surface area (Å²) in [6.07, 6.45) is 3.09. The van der Waals surface area contributed by atoms with Crippen molar-refractivity contribution in [1.82, 2.24) is 0 Å². The molecule has 0 aliphatic rings. The van der Waals surface area contributed by atoms with Crippen LogP contribution < -0.4 is 0 Å². The van der Waals surface area contributed by atoms with E-state index in [4.69, 9.17) is 9.15 Å². The minimum Gasteiger partial charge on any atom is -0.460 e. The van der Waals surface area contributed by atoms with Crippen molar-refractivity contribution in [3.05, 3.63) is 41.2 Å². The smallest absolute Gasteiger partial charge is 0.374 e. The molecular weight excluding hydrogens is 252 g/mol. The van der Waals surface area contributed by atoms with Gasteiger partial charge in [0.1, 0.15) is 5.58 Å². The molecule has 0 amide bonds. The monoisotopic (exact) mass is 272 g/mol. The molecule has 0 unspecified atom stereocenters. The summed E-state index contributed by atoms with van der Waals surface area (Å²) < 4.78 is 10.6. The first-order chi connectivity index (χ1) is 9.62. The molecule has 3 nitrogen and oxygen atoms in total. The molecule has 1 heterocycles. The van der Waals surface area contributed by atoms with Crippen molar-refractivity contribution in [2.24, 2.45) is 0 Å². The first-order valence-corrected chi connectivity index (χ1v) is 6.98. The lowest BCUT2D eigenvalue weighted by molar-refractivity contribution is 0.0491. The van der Waals surface area contributed by atoms with Gasteiger partial charge in [0.2, 0.25) is 5.76 Å². The Kier molecular flexibility index (Phi) is 4.28. The molecule has 0 fully saturated rings. The number of carbonyl (C=O) groups excluding carboxylic acids is 1. The average molecular weight is 272 g/mol. The molecule has 0 aliphatic carbocycles. The Hall–Kier alpha value is -2.03. The van der Waals surface area contributed by atoms with E-state index in [0.717, 1.165) is 23.0 Å². The second-order valence-electron chi connectivity index (χ2n) is 4.66. The third kappa shape index (κ3) is 2.48. The Morgan fingerprint density at radius 2 is 2.10 bits per heavy atom. The van der Waals surface area contributed by atoms with Crippen LogP contribution in [0.5, 0.6) is 0 Å². The molecule has 3 heteroatoms. The Morgan fingerprint density at radius 1 is 1.35 bits per heavy atom. The highest BCUT2D eigenvalue weighted by Gasteiger charge is 2.19. The van der Waals surface area contributed by atoms with Crippen LogP contribution in [-0.2, 0) is 4.74 Å². The summed E-state index contributed by atoms with van der Waals surface area (Å²) in [6.45, 7) is 8.19. The predicted molar refractivity (Wildman–Crippen MR) is 80.8 cm³/mol. The van der Waals surface area contributed by atoms with Gasteiger partial charge in [0.25, 0.3) is 0 Å². The number of rotatable bonds is 4. The molecule has 0 saturated heterocycles. The number of furan rings is 1. The van der Waals surface area contributed by atoms with Gasteiger partial charge < -0.3 is 9.15 Å². The lowest BCUT2D eigenvalue weighted by atomic mass is 10.0. The highest BCUT2D eigenvalue weighted by Crippen LogP contribution is 2.29. The highest BCUT2D eigenvalue weighted by atomic mass is 16.5. The third-order valence-electron chi connectivity index (χ3n) is 3.50. The van der Waals surface area contributed by atoms with E-state index in [1.54, 1.807) is 6.92 Å². The molecule has 1 aromatic carbocycles. The van der Waals surface area contributed by atoms with E-state index in [1.807, 2.05) is 26.0 Å². The van der Waals surface area contributed by atoms with Gasteiger partial charge in [0.05, 0.1) is 6.61 Å². The van der Waals surface area contributed by atoms with Crippen LogP contribution in [0.4, 0.5) is 0 Å². The highest BCUT2D eigenvalue weighted by molar-refractivity contribution is 5.96. The van der Waals surface area contributed by atoms with Crippen LogP contribution in [0.25, 0.3) is 16.5 Å². The molecule has 0 bridgehead atoms. The number of esters is 1. The van der Waals surface area contributed by atoms with Crippen molar-refractivity contribution >= 4 is 22.5 Å². The van der Waals surface area contributed by atoms with E-state index < -0.39 is 5.97 Å². The van der Waals surface area contributed by atoms with Gasteiger partial charge in [-0.1, -0.05) is 19.1 Å². The lowest BCUT2D eigenvalue weighted by Gasteiger charge is -2.04. The number of allylic oxidation sites excluding steroid dienone is 2. The summed E-state index contributed by atoms with van der Waals surface area (Å²) in [4.78, 5) is 11.8. The molecule has 0 saturated carbocycles. The van der Waals surface area contributed by atoms with Crippen molar-refractivity contribution in [3.63, 3.8) is 0 Å². The van der Waals surface area contributed by atoms with Crippen LogP contribution in [0.2, 0.25) is 0 Å². The Labute approximate surface area is 119 Å². The fraction of sp³-hybridized carbons (Fsp3) is 0.353. The van der Waals surface area contributed by atoms with Gasteiger partial charge in [0, 0.05) is 10.9 Å². The zero-order valence-corrected chi connectivity index (χ0v) is 12.4.